The summed E-state index contributed by atoms with van der Waals surface area (Å²) in [6, 6.07) is 1.19. The first-order chi connectivity index (χ1) is 7.37. The van der Waals surface area contributed by atoms with E-state index < -0.39 is 18.9 Å². The third-order valence-corrected chi connectivity index (χ3v) is 2.31. The first-order valence-corrected chi connectivity index (χ1v) is 5.00. The topological polar surface area (TPSA) is 31.4 Å². The molecule has 1 heterocycles. The van der Waals surface area contributed by atoms with Crippen molar-refractivity contribution in [3.63, 3.8) is 0 Å². The Labute approximate surface area is 102 Å². The van der Waals surface area contributed by atoms with Gasteiger partial charge in [-0.2, -0.15) is 4.98 Å². The number of alkyl halides is 4. The van der Waals surface area contributed by atoms with Gasteiger partial charge in [0.15, 0.2) is 0 Å². The van der Waals surface area contributed by atoms with Crippen LogP contribution in [0.25, 0.3) is 0 Å². The quantitative estimate of drug-likeness (QED) is 0.620. The third kappa shape index (κ3) is 3.35. The van der Waals surface area contributed by atoms with Gasteiger partial charge in [0.25, 0.3) is 0 Å². The second-order valence-electron chi connectivity index (χ2n) is 2.63. The van der Waals surface area contributed by atoms with Gasteiger partial charge in [-0.3, -0.25) is 0 Å². The Bertz CT molecular complexity index is 383. The molecule has 0 fully saturated rings. The minimum absolute atomic E-state index is 0.0444. The fourth-order valence-corrected chi connectivity index (χ4v) is 1.65. The van der Waals surface area contributed by atoms with Crippen LogP contribution in [-0.4, -0.2) is 18.5 Å². The minimum Gasteiger partial charge on any atom is -0.480 e. The number of aromatic nitrogens is 1. The summed E-state index contributed by atoms with van der Waals surface area (Å²) in [7, 11) is 1.25. The standard InChI is InChI=1S/C8H6F4INO2/c1-15-7-5(13)2-4(3-9)6(14-7)16-8(10,11)12/h2H,3H2,1H3. The number of methoxy groups -OCH3 is 1. The smallest absolute Gasteiger partial charge is 0.480 e. The zero-order chi connectivity index (χ0) is 12.3. The van der Waals surface area contributed by atoms with E-state index in [-0.39, 0.29) is 11.4 Å². The highest BCUT2D eigenvalue weighted by Gasteiger charge is 2.33. The van der Waals surface area contributed by atoms with Gasteiger partial charge in [0.05, 0.1) is 10.7 Å². The monoisotopic (exact) mass is 351 g/mol. The Balaban J connectivity index is 3.15. The molecule has 1 rings (SSSR count). The van der Waals surface area contributed by atoms with Crippen LogP contribution in [0.1, 0.15) is 5.56 Å². The molecule has 0 N–H and O–H groups in total. The summed E-state index contributed by atoms with van der Waals surface area (Å²) >= 11 is 1.77. The van der Waals surface area contributed by atoms with Gasteiger partial charge >= 0.3 is 6.36 Å². The van der Waals surface area contributed by atoms with E-state index in [4.69, 9.17) is 4.74 Å². The third-order valence-electron chi connectivity index (χ3n) is 1.53. The van der Waals surface area contributed by atoms with Crippen LogP contribution in [0.5, 0.6) is 11.8 Å². The average molecular weight is 351 g/mol. The Morgan fingerprint density at radius 1 is 1.38 bits per heavy atom. The molecule has 0 spiro atoms. The fourth-order valence-electron chi connectivity index (χ4n) is 0.931. The van der Waals surface area contributed by atoms with Crippen LogP contribution >= 0.6 is 22.6 Å². The molecule has 0 radical (unpaired) electrons. The van der Waals surface area contributed by atoms with Crippen molar-refractivity contribution in [1.29, 1.82) is 0 Å². The molecule has 3 nitrogen and oxygen atoms in total. The van der Waals surface area contributed by atoms with E-state index in [0.717, 1.165) is 0 Å². The Kier molecular flexibility index (Phi) is 4.16. The molecule has 16 heavy (non-hydrogen) atoms. The van der Waals surface area contributed by atoms with E-state index in [1.807, 2.05) is 0 Å². The summed E-state index contributed by atoms with van der Waals surface area (Å²) in [5.41, 5.74) is -0.275. The lowest BCUT2D eigenvalue weighted by atomic mass is 10.3. The van der Waals surface area contributed by atoms with Gasteiger partial charge < -0.3 is 9.47 Å². The van der Waals surface area contributed by atoms with Crippen molar-refractivity contribution in [2.45, 2.75) is 13.0 Å². The molecule has 0 aliphatic heterocycles. The molecule has 90 valence electrons. The molecule has 0 saturated carbocycles. The van der Waals surface area contributed by atoms with E-state index in [0.29, 0.717) is 3.57 Å². The molecule has 0 aliphatic rings. The van der Waals surface area contributed by atoms with Gasteiger partial charge in [0.1, 0.15) is 6.67 Å². The molecular formula is C8H6F4INO2. The number of halogens is 5. The number of nitrogens with zero attached hydrogens (tertiary/aromatic N) is 1. The van der Waals surface area contributed by atoms with Crippen LogP contribution in [0, 0.1) is 3.57 Å². The molecule has 0 saturated heterocycles. The van der Waals surface area contributed by atoms with Gasteiger partial charge in [-0.25, -0.2) is 4.39 Å². The minimum atomic E-state index is -4.91. The second-order valence-corrected chi connectivity index (χ2v) is 3.79. The van der Waals surface area contributed by atoms with Crippen molar-refractivity contribution in [2.24, 2.45) is 0 Å². The lowest BCUT2D eigenvalue weighted by Crippen LogP contribution is -2.19. The van der Waals surface area contributed by atoms with Crippen molar-refractivity contribution in [1.82, 2.24) is 4.98 Å². The largest absolute Gasteiger partial charge is 0.574 e. The van der Waals surface area contributed by atoms with E-state index in [2.05, 4.69) is 9.72 Å². The molecule has 0 aliphatic carbocycles. The highest BCUT2D eigenvalue weighted by Crippen LogP contribution is 2.30. The number of hydrogen-bond acceptors (Lipinski definition) is 3. The highest BCUT2D eigenvalue weighted by atomic mass is 127. The number of ether oxygens (including phenoxy) is 2. The molecule has 0 atom stereocenters. The molecule has 0 aromatic carbocycles. The Hall–Kier alpha value is -0.800. The number of pyridine rings is 1. The van der Waals surface area contributed by atoms with Crippen molar-refractivity contribution >= 4 is 22.6 Å². The van der Waals surface area contributed by atoms with Gasteiger partial charge in [0, 0.05) is 5.56 Å². The van der Waals surface area contributed by atoms with Crippen LogP contribution in [0.15, 0.2) is 6.07 Å². The van der Waals surface area contributed by atoms with E-state index in [1.165, 1.54) is 13.2 Å². The summed E-state index contributed by atoms with van der Waals surface area (Å²) in [6.07, 6.45) is -4.91. The summed E-state index contributed by atoms with van der Waals surface area (Å²) < 4.78 is 57.0. The van der Waals surface area contributed by atoms with E-state index in [9.17, 15) is 17.6 Å². The van der Waals surface area contributed by atoms with Crippen molar-refractivity contribution < 1.29 is 27.0 Å². The fraction of sp³-hybridized carbons (Fsp3) is 0.375. The van der Waals surface area contributed by atoms with E-state index >= 15 is 0 Å². The molecular weight excluding hydrogens is 345 g/mol. The number of rotatable bonds is 3. The molecule has 1 aromatic rings. The van der Waals surface area contributed by atoms with E-state index in [1.54, 1.807) is 22.6 Å². The van der Waals surface area contributed by atoms with Crippen LogP contribution in [0.4, 0.5) is 17.6 Å². The zero-order valence-electron chi connectivity index (χ0n) is 7.94. The van der Waals surface area contributed by atoms with Gasteiger partial charge in [-0.15, -0.1) is 13.2 Å². The van der Waals surface area contributed by atoms with Crippen LogP contribution < -0.4 is 9.47 Å². The lowest BCUT2D eigenvalue weighted by Gasteiger charge is -2.12. The van der Waals surface area contributed by atoms with Gasteiger partial charge in [-0.05, 0) is 28.7 Å². The van der Waals surface area contributed by atoms with Crippen LogP contribution in [0.3, 0.4) is 0 Å². The van der Waals surface area contributed by atoms with Crippen molar-refractivity contribution in [3.8, 4) is 11.8 Å². The first kappa shape index (κ1) is 13.3. The second kappa shape index (κ2) is 5.02. The van der Waals surface area contributed by atoms with Crippen LogP contribution in [0.2, 0.25) is 0 Å². The summed E-state index contributed by atoms with van der Waals surface area (Å²) in [5.74, 6) is -0.871. The van der Waals surface area contributed by atoms with Crippen LogP contribution in [-0.2, 0) is 6.67 Å². The first-order valence-electron chi connectivity index (χ1n) is 3.92. The number of hydrogen-bond donors (Lipinski definition) is 0. The maximum atomic E-state index is 12.4. The molecule has 0 bridgehead atoms. The van der Waals surface area contributed by atoms with Crippen molar-refractivity contribution in [3.05, 3.63) is 15.2 Å². The normalized spacial score (nSPS) is 11.4. The van der Waals surface area contributed by atoms with Crippen molar-refractivity contribution in [2.75, 3.05) is 7.11 Å². The maximum absolute atomic E-state index is 12.4. The summed E-state index contributed by atoms with van der Waals surface area (Å²) in [6.45, 7) is -1.10. The van der Waals surface area contributed by atoms with Gasteiger partial charge in [-0.1, -0.05) is 0 Å². The molecule has 0 amide bonds. The summed E-state index contributed by atoms with van der Waals surface area (Å²) in [4.78, 5) is 3.43. The predicted molar refractivity (Wildman–Crippen MR) is 55.0 cm³/mol. The van der Waals surface area contributed by atoms with Gasteiger partial charge in [0.2, 0.25) is 11.8 Å². The molecule has 0 unspecified atom stereocenters. The Morgan fingerprint density at radius 3 is 2.44 bits per heavy atom. The summed E-state index contributed by atoms with van der Waals surface area (Å²) in [5, 5.41) is 0. The maximum Gasteiger partial charge on any atom is 0.574 e. The zero-order valence-corrected chi connectivity index (χ0v) is 10.1. The highest BCUT2D eigenvalue weighted by molar-refractivity contribution is 14.1. The molecule has 1 aromatic heterocycles. The SMILES string of the molecule is COc1nc(OC(F)(F)F)c(CF)cc1I. The molecule has 8 heteroatoms. The Morgan fingerprint density at radius 2 is 2.00 bits per heavy atom. The average Bonchev–Trinajstić information content (AvgIpc) is 2.18. The predicted octanol–water partition coefficient (Wildman–Crippen LogP) is 3.06. The lowest BCUT2D eigenvalue weighted by molar-refractivity contribution is -0.276.